The Morgan fingerprint density at radius 2 is 2.36 bits per heavy atom. The number of ether oxygens (including phenoxy) is 1. The van der Waals surface area contributed by atoms with Crippen LogP contribution in [0.4, 0.5) is 5.95 Å². The van der Waals surface area contributed by atoms with Gasteiger partial charge in [-0.1, -0.05) is 6.92 Å². The molecular formula is C10H17N3O. The number of methoxy groups -OCH3 is 1. The van der Waals surface area contributed by atoms with Gasteiger partial charge in [-0.15, -0.1) is 0 Å². The molecule has 14 heavy (non-hydrogen) atoms. The lowest BCUT2D eigenvalue weighted by Crippen LogP contribution is -2.61. The number of rotatable bonds is 3. The number of nitrogens with one attached hydrogen (secondary N) is 1. The number of aromatic amines is 1. The molecule has 0 spiro atoms. The highest BCUT2D eigenvalue weighted by molar-refractivity contribution is 5.38. The van der Waals surface area contributed by atoms with Gasteiger partial charge in [0.15, 0.2) is 0 Å². The number of anilines is 1. The molecule has 0 atom stereocenters. The number of aromatic nitrogens is 2. The van der Waals surface area contributed by atoms with Gasteiger partial charge in [-0.2, -0.15) is 0 Å². The number of imidazole rings is 1. The maximum Gasteiger partial charge on any atom is 0.203 e. The lowest BCUT2D eigenvalue weighted by molar-refractivity contribution is -0.0174. The Bertz CT molecular complexity index is 315. The van der Waals surface area contributed by atoms with Gasteiger partial charge in [0.05, 0.1) is 19.3 Å². The summed E-state index contributed by atoms with van der Waals surface area (Å²) in [4.78, 5) is 9.81. The molecule has 0 aliphatic carbocycles. The van der Waals surface area contributed by atoms with Crippen molar-refractivity contribution in [3.63, 3.8) is 0 Å². The fraction of sp³-hybridized carbons (Fsp3) is 0.700. The van der Waals surface area contributed by atoms with Gasteiger partial charge < -0.3 is 14.6 Å². The van der Waals surface area contributed by atoms with Crippen molar-refractivity contribution in [3.8, 4) is 0 Å². The molecule has 0 radical (unpaired) electrons. The number of nitrogens with zero attached hydrogens (tertiary/aromatic N) is 2. The minimum Gasteiger partial charge on any atom is -0.375 e. The van der Waals surface area contributed by atoms with E-state index in [1.165, 1.54) is 5.69 Å². The summed E-state index contributed by atoms with van der Waals surface area (Å²) in [5, 5.41) is 0. The molecule has 1 saturated heterocycles. The molecule has 0 bridgehead atoms. The molecule has 4 nitrogen and oxygen atoms in total. The number of hydrogen-bond donors (Lipinski definition) is 1. The first kappa shape index (κ1) is 9.52. The van der Waals surface area contributed by atoms with Crippen molar-refractivity contribution in [1.29, 1.82) is 0 Å². The van der Waals surface area contributed by atoms with Crippen LogP contribution in [0.1, 0.15) is 19.5 Å². The minimum atomic E-state index is 0.0131. The Balaban J connectivity index is 1.99. The molecule has 2 heterocycles. The molecule has 2 rings (SSSR count). The van der Waals surface area contributed by atoms with E-state index in [0.29, 0.717) is 0 Å². The molecule has 1 aromatic rings. The molecule has 1 aliphatic heterocycles. The number of hydrogen-bond acceptors (Lipinski definition) is 3. The van der Waals surface area contributed by atoms with E-state index in [9.17, 15) is 0 Å². The first-order chi connectivity index (χ1) is 6.67. The third-order valence-corrected chi connectivity index (χ3v) is 2.84. The third kappa shape index (κ3) is 1.50. The summed E-state index contributed by atoms with van der Waals surface area (Å²) < 4.78 is 5.38. The topological polar surface area (TPSA) is 41.2 Å². The molecule has 78 valence electrons. The summed E-state index contributed by atoms with van der Waals surface area (Å²) in [6.45, 7) is 6.07. The van der Waals surface area contributed by atoms with Crippen LogP contribution in [0.3, 0.4) is 0 Å². The lowest BCUT2D eigenvalue weighted by Gasteiger charge is -2.46. The van der Waals surface area contributed by atoms with E-state index in [1.54, 1.807) is 7.11 Å². The largest absolute Gasteiger partial charge is 0.375 e. The zero-order valence-electron chi connectivity index (χ0n) is 9.00. The van der Waals surface area contributed by atoms with E-state index < -0.39 is 0 Å². The molecule has 0 aromatic carbocycles. The second-order valence-electron chi connectivity index (χ2n) is 4.10. The number of aryl methyl sites for hydroxylation is 1. The van der Waals surface area contributed by atoms with Gasteiger partial charge in [-0.3, -0.25) is 0 Å². The van der Waals surface area contributed by atoms with Crippen molar-refractivity contribution >= 4 is 5.95 Å². The van der Waals surface area contributed by atoms with Crippen LogP contribution in [0.5, 0.6) is 0 Å². The molecular weight excluding hydrogens is 178 g/mol. The van der Waals surface area contributed by atoms with Crippen molar-refractivity contribution in [2.24, 2.45) is 0 Å². The van der Waals surface area contributed by atoms with Gasteiger partial charge >= 0.3 is 0 Å². The van der Waals surface area contributed by atoms with E-state index in [0.717, 1.165) is 25.5 Å². The molecule has 0 unspecified atom stereocenters. The fourth-order valence-corrected chi connectivity index (χ4v) is 1.73. The van der Waals surface area contributed by atoms with Crippen molar-refractivity contribution in [2.45, 2.75) is 25.9 Å². The van der Waals surface area contributed by atoms with Crippen molar-refractivity contribution < 1.29 is 4.74 Å². The first-order valence-electron chi connectivity index (χ1n) is 5.01. The van der Waals surface area contributed by atoms with Crippen LogP contribution in [-0.4, -0.2) is 35.8 Å². The van der Waals surface area contributed by atoms with E-state index in [4.69, 9.17) is 4.74 Å². The third-order valence-electron chi connectivity index (χ3n) is 2.84. The number of H-pyrrole nitrogens is 1. The summed E-state index contributed by atoms with van der Waals surface area (Å²) in [5.74, 6) is 0.969. The van der Waals surface area contributed by atoms with E-state index in [2.05, 4.69) is 28.7 Å². The molecule has 4 heteroatoms. The van der Waals surface area contributed by atoms with Crippen LogP contribution < -0.4 is 4.90 Å². The Morgan fingerprint density at radius 1 is 1.64 bits per heavy atom. The monoisotopic (exact) mass is 195 g/mol. The standard InChI is InChI=1S/C10H17N3O/c1-4-8-5-11-9(12-8)13-6-10(2,7-13)14-3/h5H,4,6-7H2,1-3H3,(H,11,12). The van der Waals surface area contributed by atoms with Crippen LogP contribution in [0, 0.1) is 0 Å². The van der Waals surface area contributed by atoms with Gasteiger partial charge in [-0.05, 0) is 13.3 Å². The summed E-state index contributed by atoms with van der Waals surface area (Å²) in [6.07, 6.45) is 2.90. The van der Waals surface area contributed by atoms with Crippen LogP contribution in [0.15, 0.2) is 6.20 Å². The van der Waals surface area contributed by atoms with Crippen molar-refractivity contribution in [2.75, 3.05) is 25.1 Å². The SMILES string of the molecule is CCc1cnc(N2CC(C)(OC)C2)[nH]1. The van der Waals surface area contributed by atoms with Gasteiger partial charge in [0.25, 0.3) is 0 Å². The average molecular weight is 195 g/mol. The molecule has 1 aromatic heterocycles. The molecule has 1 aliphatic rings. The highest BCUT2D eigenvalue weighted by Crippen LogP contribution is 2.27. The highest BCUT2D eigenvalue weighted by Gasteiger charge is 2.40. The zero-order chi connectivity index (χ0) is 10.2. The Morgan fingerprint density at radius 3 is 2.86 bits per heavy atom. The normalized spacial score (nSPS) is 19.5. The maximum absolute atomic E-state index is 5.38. The van der Waals surface area contributed by atoms with Gasteiger partial charge in [-0.25, -0.2) is 4.98 Å². The van der Waals surface area contributed by atoms with E-state index in [-0.39, 0.29) is 5.60 Å². The minimum absolute atomic E-state index is 0.0131. The molecule has 0 saturated carbocycles. The quantitative estimate of drug-likeness (QED) is 0.788. The van der Waals surface area contributed by atoms with Crippen LogP contribution in [0.25, 0.3) is 0 Å². The van der Waals surface area contributed by atoms with E-state index >= 15 is 0 Å². The summed E-state index contributed by atoms with van der Waals surface area (Å²) >= 11 is 0. The Kier molecular flexibility index (Phi) is 2.23. The van der Waals surface area contributed by atoms with Gasteiger partial charge in [0, 0.05) is 12.8 Å². The Labute approximate surface area is 84.3 Å². The zero-order valence-corrected chi connectivity index (χ0v) is 9.00. The fourth-order valence-electron chi connectivity index (χ4n) is 1.73. The average Bonchev–Trinajstić information content (AvgIpc) is 2.61. The first-order valence-corrected chi connectivity index (χ1v) is 5.01. The van der Waals surface area contributed by atoms with Crippen molar-refractivity contribution in [1.82, 2.24) is 9.97 Å². The van der Waals surface area contributed by atoms with Crippen molar-refractivity contribution in [3.05, 3.63) is 11.9 Å². The van der Waals surface area contributed by atoms with Crippen LogP contribution >= 0.6 is 0 Å². The van der Waals surface area contributed by atoms with E-state index in [1.807, 2.05) is 6.20 Å². The lowest BCUT2D eigenvalue weighted by atomic mass is 9.97. The maximum atomic E-state index is 5.38. The Hall–Kier alpha value is -1.03. The van der Waals surface area contributed by atoms with Gasteiger partial charge in [0.2, 0.25) is 5.95 Å². The predicted octanol–water partition coefficient (Wildman–Crippen LogP) is 1.20. The second-order valence-corrected chi connectivity index (χ2v) is 4.10. The molecule has 1 fully saturated rings. The van der Waals surface area contributed by atoms with Crippen LogP contribution in [0.2, 0.25) is 0 Å². The van der Waals surface area contributed by atoms with Gasteiger partial charge in [0.1, 0.15) is 5.60 Å². The summed E-state index contributed by atoms with van der Waals surface area (Å²) in [5.41, 5.74) is 1.20. The summed E-state index contributed by atoms with van der Waals surface area (Å²) in [6, 6.07) is 0. The predicted molar refractivity (Wildman–Crippen MR) is 55.6 cm³/mol. The molecule has 0 amide bonds. The summed E-state index contributed by atoms with van der Waals surface area (Å²) in [7, 11) is 1.76. The highest BCUT2D eigenvalue weighted by atomic mass is 16.5. The second kappa shape index (κ2) is 3.28. The smallest absolute Gasteiger partial charge is 0.203 e. The van der Waals surface area contributed by atoms with Crippen LogP contribution in [-0.2, 0) is 11.2 Å². The molecule has 1 N–H and O–H groups in total.